The molecule has 0 radical (unpaired) electrons. The fourth-order valence-electron chi connectivity index (χ4n) is 6.70. The Kier molecular flexibility index (Phi) is 41.2. The van der Waals surface area contributed by atoms with Gasteiger partial charge in [-0.05, 0) is 38.5 Å². The number of carboxylic acid groups (broad SMARTS) is 1. The molecule has 0 amide bonds. The fraction of sp³-hybridized carbons (Fsp3) is 0.851. The maximum atomic E-state index is 12.7. The summed E-state index contributed by atoms with van der Waals surface area (Å²) in [5.74, 6) is -2.38. The number of carbonyl (C=O) groups is 3. The number of unbranched alkanes of at least 4 members (excludes halogenated alkanes) is 28. The first-order valence-electron chi connectivity index (χ1n) is 23.9. The third-order valence-electron chi connectivity index (χ3n) is 10.5. The second-order valence-electron chi connectivity index (χ2n) is 16.3. The minimum absolute atomic E-state index is 0.162. The van der Waals surface area contributed by atoms with E-state index in [9.17, 15) is 23.8 Å². The van der Waals surface area contributed by atoms with E-state index in [1.807, 2.05) is 0 Å². The SMILES string of the molecule is CCCCCC/C=C/C=C/CCCCCCCC(=O)OC[C@H](COP(=O)(O)OC[C@H](N)C(=O)O)OC(=O)CCCCCCCCCCCCCCCCCCCCCC. The van der Waals surface area contributed by atoms with Crippen LogP contribution in [0.25, 0.3) is 0 Å². The fourth-order valence-corrected chi connectivity index (χ4v) is 7.48. The van der Waals surface area contributed by atoms with Crippen molar-refractivity contribution in [2.75, 3.05) is 19.8 Å². The van der Waals surface area contributed by atoms with Crippen molar-refractivity contribution in [1.82, 2.24) is 0 Å². The molecule has 11 nitrogen and oxygen atoms in total. The first-order valence-corrected chi connectivity index (χ1v) is 25.4. The molecule has 0 rings (SSSR count). The number of rotatable bonds is 45. The Hall–Kier alpha value is -2.04. The molecule has 0 aromatic carbocycles. The number of carboxylic acids is 1. The summed E-state index contributed by atoms with van der Waals surface area (Å²) >= 11 is 0. The van der Waals surface area contributed by atoms with E-state index < -0.39 is 51.1 Å². The van der Waals surface area contributed by atoms with Crippen LogP contribution in [0.4, 0.5) is 0 Å². The van der Waals surface area contributed by atoms with E-state index in [1.165, 1.54) is 128 Å². The summed E-state index contributed by atoms with van der Waals surface area (Å²) in [6.07, 6.45) is 45.2. The van der Waals surface area contributed by atoms with Gasteiger partial charge in [-0.25, -0.2) is 4.57 Å². The van der Waals surface area contributed by atoms with Crippen LogP contribution in [0, 0.1) is 0 Å². The third-order valence-corrected chi connectivity index (χ3v) is 11.4. The average Bonchev–Trinajstić information content (AvgIpc) is 3.21. The number of nitrogens with two attached hydrogens (primary N) is 1. The highest BCUT2D eigenvalue weighted by atomic mass is 31.2. The summed E-state index contributed by atoms with van der Waals surface area (Å²) in [6.45, 7) is 2.80. The Bertz CT molecular complexity index is 1100. The monoisotopic (exact) mass is 858 g/mol. The molecule has 0 aromatic heterocycles. The summed E-state index contributed by atoms with van der Waals surface area (Å²) < 4.78 is 32.8. The van der Waals surface area contributed by atoms with Gasteiger partial charge in [0.15, 0.2) is 6.10 Å². The molecule has 0 aromatic rings. The molecule has 0 fully saturated rings. The van der Waals surface area contributed by atoms with Crippen molar-refractivity contribution in [3.8, 4) is 0 Å². The van der Waals surface area contributed by atoms with Gasteiger partial charge in [-0.3, -0.25) is 23.4 Å². The van der Waals surface area contributed by atoms with Crippen molar-refractivity contribution in [3.63, 3.8) is 0 Å². The summed E-state index contributed by atoms with van der Waals surface area (Å²) in [6, 6.07) is -1.52. The van der Waals surface area contributed by atoms with Gasteiger partial charge in [0.25, 0.3) is 0 Å². The van der Waals surface area contributed by atoms with Crippen LogP contribution in [0.5, 0.6) is 0 Å². The number of phosphoric ester groups is 1. The minimum Gasteiger partial charge on any atom is -0.480 e. The van der Waals surface area contributed by atoms with Crippen molar-refractivity contribution in [2.24, 2.45) is 5.73 Å². The molecule has 0 saturated carbocycles. The highest BCUT2D eigenvalue weighted by molar-refractivity contribution is 7.47. The highest BCUT2D eigenvalue weighted by Gasteiger charge is 2.28. The number of ether oxygens (including phenoxy) is 2. The number of aliphatic carboxylic acids is 1. The topological polar surface area (TPSA) is 172 Å². The largest absolute Gasteiger partial charge is 0.480 e. The summed E-state index contributed by atoms with van der Waals surface area (Å²) in [5.41, 5.74) is 5.34. The number of phosphoric acid groups is 1. The predicted molar refractivity (Wildman–Crippen MR) is 240 cm³/mol. The molecule has 0 heterocycles. The smallest absolute Gasteiger partial charge is 0.472 e. The van der Waals surface area contributed by atoms with Crippen LogP contribution >= 0.6 is 7.82 Å². The Morgan fingerprint density at radius 2 is 0.881 bits per heavy atom. The van der Waals surface area contributed by atoms with Crippen LogP contribution < -0.4 is 5.73 Å². The number of hydrogen-bond donors (Lipinski definition) is 3. The van der Waals surface area contributed by atoms with Gasteiger partial charge in [-0.1, -0.05) is 199 Å². The Labute approximate surface area is 360 Å². The molecule has 0 saturated heterocycles. The summed E-state index contributed by atoms with van der Waals surface area (Å²) in [4.78, 5) is 46.0. The van der Waals surface area contributed by atoms with Crippen LogP contribution in [0.1, 0.15) is 226 Å². The lowest BCUT2D eigenvalue weighted by Gasteiger charge is -2.20. The number of allylic oxidation sites excluding steroid dienone is 4. The maximum absolute atomic E-state index is 12.7. The van der Waals surface area contributed by atoms with E-state index in [2.05, 4.69) is 42.7 Å². The lowest BCUT2D eigenvalue weighted by Crippen LogP contribution is -2.34. The van der Waals surface area contributed by atoms with Gasteiger partial charge in [0.1, 0.15) is 12.6 Å². The molecule has 0 spiro atoms. The molecule has 12 heteroatoms. The van der Waals surface area contributed by atoms with Crippen molar-refractivity contribution >= 4 is 25.7 Å². The van der Waals surface area contributed by atoms with E-state index in [-0.39, 0.29) is 19.4 Å². The minimum atomic E-state index is -4.72. The van der Waals surface area contributed by atoms with E-state index in [0.717, 1.165) is 57.8 Å². The van der Waals surface area contributed by atoms with E-state index in [1.54, 1.807) is 0 Å². The highest BCUT2D eigenvalue weighted by Crippen LogP contribution is 2.43. The first-order chi connectivity index (χ1) is 28.6. The Morgan fingerprint density at radius 1 is 0.525 bits per heavy atom. The molecule has 0 aliphatic heterocycles. The zero-order chi connectivity index (χ0) is 43.5. The molecule has 3 atom stereocenters. The van der Waals surface area contributed by atoms with Crippen molar-refractivity contribution in [1.29, 1.82) is 0 Å². The zero-order valence-electron chi connectivity index (χ0n) is 37.6. The maximum Gasteiger partial charge on any atom is 0.472 e. The van der Waals surface area contributed by atoms with E-state index >= 15 is 0 Å². The van der Waals surface area contributed by atoms with Gasteiger partial charge in [0, 0.05) is 12.8 Å². The van der Waals surface area contributed by atoms with Gasteiger partial charge >= 0.3 is 25.7 Å². The van der Waals surface area contributed by atoms with Gasteiger partial charge in [0.05, 0.1) is 13.2 Å². The van der Waals surface area contributed by atoms with Gasteiger partial charge in [-0.15, -0.1) is 0 Å². The van der Waals surface area contributed by atoms with Gasteiger partial charge in [0.2, 0.25) is 0 Å². The molecule has 0 aliphatic rings. The van der Waals surface area contributed by atoms with Crippen LogP contribution in [0.3, 0.4) is 0 Å². The number of esters is 2. The number of hydrogen-bond acceptors (Lipinski definition) is 9. The summed E-state index contributed by atoms with van der Waals surface area (Å²) in [5, 5.41) is 8.90. The summed E-state index contributed by atoms with van der Waals surface area (Å²) in [7, 11) is -4.72. The van der Waals surface area contributed by atoms with Crippen LogP contribution in [-0.2, 0) is 37.5 Å². The quantitative estimate of drug-likeness (QED) is 0.0230. The van der Waals surface area contributed by atoms with Crippen LogP contribution in [-0.4, -0.2) is 59.9 Å². The average molecular weight is 858 g/mol. The molecule has 346 valence electrons. The normalized spacial score (nSPS) is 13.8. The van der Waals surface area contributed by atoms with Gasteiger partial charge in [-0.2, -0.15) is 0 Å². The first kappa shape index (κ1) is 57.0. The predicted octanol–water partition coefficient (Wildman–Crippen LogP) is 13.0. The molecule has 59 heavy (non-hydrogen) atoms. The molecule has 0 bridgehead atoms. The third kappa shape index (κ3) is 42.4. The van der Waals surface area contributed by atoms with E-state index in [0.29, 0.717) is 12.8 Å². The lowest BCUT2D eigenvalue weighted by molar-refractivity contribution is -0.161. The molecule has 4 N–H and O–H groups in total. The molecule has 0 aliphatic carbocycles. The molecular formula is C47H88NO10P. The van der Waals surface area contributed by atoms with Crippen molar-refractivity contribution < 1.29 is 47.5 Å². The second-order valence-corrected chi connectivity index (χ2v) is 17.7. The number of carbonyl (C=O) groups excluding carboxylic acids is 2. The van der Waals surface area contributed by atoms with Crippen molar-refractivity contribution in [2.45, 2.75) is 238 Å². The zero-order valence-corrected chi connectivity index (χ0v) is 38.5. The van der Waals surface area contributed by atoms with Gasteiger partial charge < -0.3 is 25.2 Å². The molecular weight excluding hydrogens is 769 g/mol. The standard InChI is InChI=1S/C47H88NO10P/c1-3-5-7-9-11-13-15-17-19-20-21-22-23-25-27-29-31-33-35-37-39-46(50)58-43(41-56-59(53,54)57-42-44(48)47(51)52)40-55-45(49)38-36-34-32-30-28-26-24-18-16-14-12-10-8-6-4-2/h14,16,18,24,43-44H,3-13,15,17,19-23,25-42,48H2,1-2H3,(H,51,52)(H,53,54)/b16-14+,24-18+/t43-,44+/m1/s1. The van der Waals surface area contributed by atoms with Crippen LogP contribution in [0.15, 0.2) is 24.3 Å². The van der Waals surface area contributed by atoms with Crippen LogP contribution in [0.2, 0.25) is 0 Å². The Balaban J connectivity index is 4.28. The second kappa shape index (κ2) is 42.6. The van der Waals surface area contributed by atoms with Crippen molar-refractivity contribution in [3.05, 3.63) is 24.3 Å². The lowest BCUT2D eigenvalue weighted by atomic mass is 10.0. The Morgan fingerprint density at radius 3 is 1.31 bits per heavy atom. The molecule has 1 unspecified atom stereocenters. The van der Waals surface area contributed by atoms with E-state index in [4.69, 9.17) is 24.8 Å².